The van der Waals surface area contributed by atoms with Gasteiger partial charge in [-0.15, -0.1) is 0 Å². The third kappa shape index (κ3) is 3.60. The number of benzene rings is 2. The monoisotopic (exact) mass is 332 g/mol. The lowest BCUT2D eigenvalue weighted by atomic mass is 10.1. The van der Waals surface area contributed by atoms with Gasteiger partial charge in [-0.3, -0.25) is 0 Å². The Morgan fingerprint density at radius 1 is 0.960 bits per heavy atom. The van der Waals surface area contributed by atoms with Crippen molar-refractivity contribution in [3.8, 4) is 5.75 Å². The minimum Gasteiger partial charge on any atom is -0.487 e. The highest BCUT2D eigenvalue weighted by Gasteiger charge is 2.13. The predicted molar refractivity (Wildman–Crippen MR) is 103 cm³/mol. The van der Waals surface area contributed by atoms with E-state index in [1.807, 2.05) is 12.1 Å². The Bertz CT molecular complexity index is 869. The van der Waals surface area contributed by atoms with Crippen LogP contribution in [0.4, 0.5) is 5.82 Å². The summed E-state index contributed by atoms with van der Waals surface area (Å²) in [6.45, 7) is 4.87. The van der Waals surface area contributed by atoms with Crippen LogP contribution in [0.15, 0.2) is 54.6 Å². The molecule has 0 atom stereocenters. The van der Waals surface area contributed by atoms with Gasteiger partial charge in [-0.05, 0) is 49.9 Å². The Morgan fingerprint density at radius 2 is 1.80 bits per heavy atom. The quantitative estimate of drug-likeness (QED) is 0.663. The molecule has 0 saturated carbocycles. The van der Waals surface area contributed by atoms with E-state index < -0.39 is 0 Å². The fourth-order valence-corrected chi connectivity index (χ4v) is 3.49. The lowest BCUT2D eigenvalue weighted by molar-refractivity contribution is 0.309. The van der Waals surface area contributed by atoms with Gasteiger partial charge in [-0.2, -0.15) is 0 Å². The van der Waals surface area contributed by atoms with Gasteiger partial charge in [0.2, 0.25) is 0 Å². The van der Waals surface area contributed by atoms with Gasteiger partial charge in [0.1, 0.15) is 23.7 Å². The highest BCUT2D eigenvalue weighted by molar-refractivity contribution is 5.86. The molecule has 2 heterocycles. The molecular weight excluding hydrogens is 308 g/mol. The minimum absolute atomic E-state index is 0.566. The van der Waals surface area contributed by atoms with E-state index in [4.69, 9.17) is 9.72 Å². The summed E-state index contributed by atoms with van der Waals surface area (Å²) in [6, 6.07) is 18.9. The molecule has 0 bridgehead atoms. The zero-order chi connectivity index (χ0) is 17.1. The fourth-order valence-electron chi connectivity index (χ4n) is 3.49. The van der Waals surface area contributed by atoms with Gasteiger partial charge in [0.25, 0.3) is 0 Å². The molecule has 0 N–H and O–H groups in total. The van der Waals surface area contributed by atoms with Crippen molar-refractivity contribution in [2.45, 2.75) is 32.8 Å². The largest absolute Gasteiger partial charge is 0.487 e. The Labute approximate surface area is 149 Å². The normalized spacial score (nSPS) is 14.7. The second-order valence-electron chi connectivity index (χ2n) is 6.82. The number of piperidine rings is 1. The number of aryl methyl sites for hydroxylation is 1. The van der Waals surface area contributed by atoms with Crippen molar-refractivity contribution in [1.29, 1.82) is 0 Å². The van der Waals surface area contributed by atoms with E-state index >= 15 is 0 Å². The predicted octanol–water partition coefficient (Wildman–Crippen LogP) is 5.11. The van der Waals surface area contributed by atoms with E-state index in [2.05, 4.69) is 54.3 Å². The van der Waals surface area contributed by atoms with Crippen molar-refractivity contribution < 1.29 is 4.74 Å². The van der Waals surface area contributed by atoms with Crippen LogP contribution in [0, 0.1) is 6.92 Å². The highest BCUT2D eigenvalue weighted by atomic mass is 16.5. The van der Waals surface area contributed by atoms with Crippen LogP contribution in [0.5, 0.6) is 5.75 Å². The first-order valence-corrected chi connectivity index (χ1v) is 9.13. The van der Waals surface area contributed by atoms with Crippen molar-refractivity contribution >= 4 is 16.7 Å². The second kappa shape index (κ2) is 7.14. The molecular formula is C22H24N2O. The molecule has 0 radical (unpaired) electrons. The van der Waals surface area contributed by atoms with Gasteiger partial charge >= 0.3 is 0 Å². The van der Waals surface area contributed by atoms with Gasteiger partial charge in [-0.1, -0.05) is 42.0 Å². The average Bonchev–Trinajstić information content (AvgIpc) is 2.67. The maximum Gasteiger partial charge on any atom is 0.146 e. The van der Waals surface area contributed by atoms with Gasteiger partial charge < -0.3 is 9.64 Å². The van der Waals surface area contributed by atoms with E-state index in [1.165, 1.54) is 30.4 Å². The van der Waals surface area contributed by atoms with Crippen molar-refractivity contribution in [3.05, 3.63) is 65.7 Å². The molecule has 1 fully saturated rings. The maximum absolute atomic E-state index is 6.12. The number of ether oxygens (including phenoxy) is 1. The van der Waals surface area contributed by atoms with Crippen LogP contribution in [0.2, 0.25) is 0 Å². The first-order chi connectivity index (χ1) is 12.3. The molecule has 0 unspecified atom stereocenters. The Kier molecular flexibility index (Phi) is 4.55. The molecule has 128 valence electrons. The van der Waals surface area contributed by atoms with Crippen LogP contribution in [0.25, 0.3) is 10.9 Å². The number of hydrogen-bond acceptors (Lipinski definition) is 3. The molecule has 2 aromatic carbocycles. The molecule has 1 aliphatic heterocycles. The molecule has 1 saturated heterocycles. The minimum atomic E-state index is 0.566. The maximum atomic E-state index is 6.12. The molecule has 1 aromatic heterocycles. The fraction of sp³-hybridized carbons (Fsp3) is 0.318. The van der Waals surface area contributed by atoms with Gasteiger partial charge in [0.15, 0.2) is 0 Å². The number of rotatable bonds is 4. The van der Waals surface area contributed by atoms with Crippen LogP contribution < -0.4 is 9.64 Å². The summed E-state index contributed by atoms with van der Waals surface area (Å²) in [5.41, 5.74) is 3.40. The zero-order valence-electron chi connectivity index (χ0n) is 14.7. The van der Waals surface area contributed by atoms with Crippen molar-refractivity contribution in [1.82, 2.24) is 4.98 Å². The van der Waals surface area contributed by atoms with Crippen molar-refractivity contribution in [2.75, 3.05) is 18.0 Å². The van der Waals surface area contributed by atoms with Crippen LogP contribution in [-0.2, 0) is 6.61 Å². The summed E-state index contributed by atoms with van der Waals surface area (Å²) >= 11 is 0. The Balaban J connectivity index is 1.61. The summed E-state index contributed by atoms with van der Waals surface area (Å²) in [5, 5.41) is 1.13. The molecule has 1 aliphatic rings. The van der Waals surface area contributed by atoms with Crippen LogP contribution in [0.1, 0.15) is 30.4 Å². The topological polar surface area (TPSA) is 25.4 Å². The van der Waals surface area contributed by atoms with Crippen LogP contribution in [0.3, 0.4) is 0 Å². The standard InChI is InChI=1S/C22H24N2O/c1-17-7-5-8-18(15-17)16-25-20-10-6-9-19-11-12-21(23-22(19)20)24-13-3-2-4-14-24/h5-12,15H,2-4,13-14,16H2,1H3. The number of pyridine rings is 1. The lowest BCUT2D eigenvalue weighted by Crippen LogP contribution is -2.30. The van der Waals surface area contributed by atoms with Crippen LogP contribution in [-0.4, -0.2) is 18.1 Å². The van der Waals surface area contributed by atoms with Crippen molar-refractivity contribution in [2.24, 2.45) is 0 Å². The van der Waals surface area contributed by atoms with Crippen molar-refractivity contribution in [3.63, 3.8) is 0 Å². The third-order valence-electron chi connectivity index (χ3n) is 4.83. The Morgan fingerprint density at radius 3 is 2.64 bits per heavy atom. The first-order valence-electron chi connectivity index (χ1n) is 9.13. The molecule has 0 spiro atoms. The summed E-state index contributed by atoms with van der Waals surface area (Å²) in [6.07, 6.45) is 3.84. The van der Waals surface area contributed by atoms with Crippen LogP contribution >= 0.6 is 0 Å². The number of hydrogen-bond donors (Lipinski definition) is 0. The first kappa shape index (κ1) is 15.9. The van der Waals surface area contributed by atoms with E-state index in [0.29, 0.717) is 6.61 Å². The van der Waals surface area contributed by atoms with Gasteiger partial charge in [-0.25, -0.2) is 4.98 Å². The number of aromatic nitrogens is 1. The molecule has 4 rings (SSSR count). The summed E-state index contributed by atoms with van der Waals surface area (Å²) in [5.74, 6) is 1.93. The molecule has 25 heavy (non-hydrogen) atoms. The smallest absolute Gasteiger partial charge is 0.146 e. The molecule has 0 amide bonds. The summed E-state index contributed by atoms with van der Waals surface area (Å²) in [4.78, 5) is 7.32. The number of para-hydroxylation sites is 1. The lowest BCUT2D eigenvalue weighted by Gasteiger charge is -2.28. The van der Waals surface area contributed by atoms with Gasteiger partial charge in [0.05, 0.1) is 0 Å². The number of nitrogens with zero attached hydrogens (tertiary/aromatic N) is 2. The zero-order valence-corrected chi connectivity index (χ0v) is 14.7. The molecule has 3 heteroatoms. The van der Waals surface area contributed by atoms with Gasteiger partial charge in [0, 0.05) is 18.5 Å². The van der Waals surface area contributed by atoms with E-state index in [0.717, 1.165) is 35.6 Å². The number of fused-ring (bicyclic) bond motifs is 1. The highest BCUT2D eigenvalue weighted by Crippen LogP contribution is 2.28. The van der Waals surface area contributed by atoms with E-state index in [9.17, 15) is 0 Å². The molecule has 3 nitrogen and oxygen atoms in total. The summed E-state index contributed by atoms with van der Waals surface area (Å²) < 4.78 is 6.12. The number of anilines is 1. The van der Waals surface area contributed by atoms with E-state index in [1.54, 1.807) is 0 Å². The third-order valence-corrected chi connectivity index (χ3v) is 4.83. The van der Waals surface area contributed by atoms with E-state index in [-0.39, 0.29) is 0 Å². The SMILES string of the molecule is Cc1cccc(COc2cccc3ccc(N4CCCCC4)nc23)c1. The molecule has 3 aromatic rings. The summed E-state index contributed by atoms with van der Waals surface area (Å²) in [7, 11) is 0. The average molecular weight is 332 g/mol. The second-order valence-corrected chi connectivity index (χ2v) is 6.82. The molecule has 0 aliphatic carbocycles. The Hall–Kier alpha value is -2.55.